The summed E-state index contributed by atoms with van der Waals surface area (Å²) < 4.78 is 12.9. The van der Waals surface area contributed by atoms with Gasteiger partial charge in [0, 0.05) is 40.0 Å². The standard InChI is InChI=1S/C30H28N4O3S/c1-3-36-28(35)16-25-19-34(33-29(25)23-10-6-4-7-11-23)18-22-14-15-27(31-17-22)37-20-26-21(2)38-30(32-26)24-12-8-5-9-13-24/h4-15,17,19H,3,16,18,20H2,1-2H3. The van der Waals surface area contributed by atoms with Crippen LogP contribution in [-0.2, 0) is 29.1 Å². The number of nitrogens with zero attached hydrogens (tertiary/aromatic N) is 4. The molecule has 0 unspecified atom stereocenters. The van der Waals surface area contributed by atoms with Crippen LogP contribution in [0.25, 0.3) is 21.8 Å². The Morgan fingerprint density at radius 2 is 1.71 bits per heavy atom. The smallest absolute Gasteiger partial charge is 0.310 e. The van der Waals surface area contributed by atoms with Crippen LogP contribution in [0.3, 0.4) is 0 Å². The van der Waals surface area contributed by atoms with Crippen LogP contribution in [0.1, 0.15) is 28.6 Å². The van der Waals surface area contributed by atoms with Crippen LogP contribution < -0.4 is 4.74 Å². The number of esters is 1. The van der Waals surface area contributed by atoms with Gasteiger partial charge in [0.2, 0.25) is 5.88 Å². The van der Waals surface area contributed by atoms with E-state index in [2.05, 4.69) is 24.0 Å². The summed E-state index contributed by atoms with van der Waals surface area (Å²) in [6.45, 7) is 5.09. The summed E-state index contributed by atoms with van der Waals surface area (Å²) in [5.74, 6) is 0.273. The molecule has 0 aliphatic carbocycles. The van der Waals surface area contributed by atoms with Crippen molar-refractivity contribution in [2.45, 2.75) is 33.4 Å². The second kappa shape index (κ2) is 11.8. The zero-order valence-electron chi connectivity index (χ0n) is 21.3. The van der Waals surface area contributed by atoms with Gasteiger partial charge >= 0.3 is 5.97 Å². The van der Waals surface area contributed by atoms with Gasteiger partial charge < -0.3 is 9.47 Å². The Labute approximate surface area is 225 Å². The highest BCUT2D eigenvalue weighted by Crippen LogP contribution is 2.28. The van der Waals surface area contributed by atoms with E-state index >= 15 is 0 Å². The van der Waals surface area contributed by atoms with Gasteiger partial charge in [0.05, 0.1) is 31.0 Å². The molecule has 192 valence electrons. The van der Waals surface area contributed by atoms with Crippen LogP contribution in [0.4, 0.5) is 0 Å². The summed E-state index contributed by atoms with van der Waals surface area (Å²) in [5, 5.41) is 5.75. The van der Waals surface area contributed by atoms with E-state index in [-0.39, 0.29) is 12.4 Å². The number of benzene rings is 2. The number of ether oxygens (including phenoxy) is 2. The SMILES string of the molecule is CCOC(=O)Cc1cn(Cc2ccc(OCc3nc(-c4ccccc4)sc3C)nc2)nc1-c1ccccc1. The first-order chi connectivity index (χ1) is 18.6. The first-order valence-electron chi connectivity index (χ1n) is 12.5. The fourth-order valence-electron chi connectivity index (χ4n) is 4.06. The summed E-state index contributed by atoms with van der Waals surface area (Å²) in [4.78, 5) is 22.5. The van der Waals surface area contributed by atoms with Crippen molar-refractivity contribution in [1.82, 2.24) is 19.7 Å². The summed E-state index contributed by atoms with van der Waals surface area (Å²) in [7, 11) is 0. The van der Waals surface area contributed by atoms with Crippen molar-refractivity contribution in [2.24, 2.45) is 0 Å². The lowest BCUT2D eigenvalue weighted by Gasteiger charge is -2.06. The maximum Gasteiger partial charge on any atom is 0.310 e. The molecule has 5 aromatic rings. The lowest BCUT2D eigenvalue weighted by atomic mass is 10.1. The lowest BCUT2D eigenvalue weighted by molar-refractivity contribution is -0.142. The molecular formula is C30H28N4O3S. The van der Waals surface area contributed by atoms with Crippen LogP contribution in [-0.4, -0.2) is 32.3 Å². The van der Waals surface area contributed by atoms with E-state index in [1.165, 1.54) is 0 Å². The minimum atomic E-state index is -0.265. The number of hydrogen-bond acceptors (Lipinski definition) is 7. The van der Waals surface area contributed by atoms with Crippen LogP contribution in [0.15, 0.2) is 85.2 Å². The predicted octanol–water partition coefficient (Wildman–Crippen LogP) is 6.11. The van der Waals surface area contributed by atoms with Gasteiger partial charge in [-0.15, -0.1) is 11.3 Å². The number of aromatic nitrogens is 4. The monoisotopic (exact) mass is 524 g/mol. The van der Waals surface area contributed by atoms with Gasteiger partial charge in [-0.05, 0) is 19.4 Å². The van der Waals surface area contributed by atoms with Crippen LogP contribution >= 0.6 is 11.3 Å². The van der Waals surface area contributed by atoms with Crippen molar-refractivity contribution in [3.05, 3.63) is 107 Å². The highest BCUT2D eigenvalue weighted by Gasteiger charge is 2.16. The van der Waals surface area contributed by atoms with Gasteiger partial charge in [-0.3, -0.25) is 9.48 Å². The van der Waals surface area contributed by atoms with E-state index in [1.54, 1.807) is 24.5 Å². The molecule has 3 aromatic heterocycles. The molecule has 0 N–H and O–H groups in total. The molecule has 8 heteroatoms. The highest BCUT2D eigenvalue weighted by atomic mass is 32.1. The number of carbonyl (C=O) groups excluding carboxylic acids is 1. The van der Waals surface area contributed by atoms with Crippen molar-refractivity contribution >= 4 is 17.3 Å². The largest absolute Gasteiger partial charge is 0.471 e. The summed E-state index contributed by atoms with van der Waals surface area (Å²) in [6.07, 6.45) is 3.86. The summed E-state index contributed by atoms with van der Waals surface area (Å²) in [6, 6.07) is 23.8. The summed E-state index contributed by atoms with van der Waals surface area (Å²) >= 11 is 1.66. The lowest BCUT2D eigenvalue weighted by Crippen LogP contribution is -2.07. The van der Waals surface area contributed by atoms with E-state index in [0.717, 1.165) is 43.5 Å². The minimum Gasteiger partial charge on any atom is -0.471 e. The molecule has 0 fully saturated rings. The average Bonchev–Trinajstić information content (AvgIpc) is 3.52. The van der Waals surface area contributed by atoms with Crippen molar-refractivity contribution in [3.8, 4) is 27.7 Å². The molecule has 7 nitrogen and oxygen atoms in total. The third kappa shape index (κ3) is 6.15. The first kappa shape index (κ1) is 25.4. The third-order valence-electron chi connectivity index (χ3n) is 5.94. The van der Waals surface area contributed by atoms with Crippen LogP contribution in [0, 0.1) is 6.92 Å². The summed E-state index contributed by atoms with van der Waals surface area (Å²) in [5.41, 5.74) is 5.56. The Bertz CT molecular complexity index is 1500. The van der Waals surface area contributed by atoms with E-state index < -0.39 is 0 Å². The molecule has 0 radical (unpaired) electrons. The molecule has 0 aliphatic heterocycles. The van der Waals surface area contributed by atoms with Crippen molar-refractivity contribution in [3.63, 3.8) is 0 Å². The van der Waals surface area contributed by atoms with Gasteiger partial charge in [0.25, 0.3) is 0 Å². The molecular weight excluding hydrogens is 496 g/mol. The molecule has 2 aromatic carbocycles. The topological polar surface area (TPSA) is 79.1 Å². The second-order valence-electron chi connectivity index (χ2n) is 8.73. The Hall–Kier alpha value is -4.30. The second-order valence-corrected chi connectivity index (χ2v) is 9.93. The third-order valence-corrected chi connectivity index (χ3v) is 7.00. The fraction of sp³-hybridized carbons (Fsp3) is 0.200. The van der Waals surface area contributed by atoms with Gasteiger partial charge in [0.15, 0.2) is 0 Å². The Balaban J connectivity index is 1.26. The Morgan fingerprint density at radius 3 is 2.39 bits per heavy atom. The van der Waals surface area contributed by atoms with Crippen LogP contribution in [0.2, 0.25) is 0 Å². The molecule has 0 atom stereocenters. The predicted molar refractivity (Wildman–Crippen MR) is 148 cm³/mol. The number of hydrogen-bond donors (Lipinski definition) is 0. The van der Waals surface area contributed by atoms with Crippen molar-refractivity contribution in [1.29, 1.82) is 0 Å². The molecule has 0 spiro atoms. The van der Waals surface area contributed by atoms with E-state index in [4.69, 9.17) is 19.6 Å². The van der Waals surface area contributed by atoms with Gasteiger partial charge in [-0.1, -0.05) is 66.7 Å². The molecule has 3 heterocycles. The van der Waals surface area contributed by atoms with Gasteiger partial charge in [0.1, 0.15) is 11.6 Å². The van der Waals surface area contributed by atoms with Gasteiger partial charge in [-0.25, -0.2) is 9.97 Å². The fourth-order valence-corrected chi connectivity index (χ4v) is 4.99. The van der Waals surface area contributed by atoms with Crippen molar-refractivity contribution in [2.75, 3.05) is 6.61 Å². The van der Waals surface area contributed by atoms with E-state index in [0.29, 0.717) is 25.6 Å². The highest BCUT2D eigenvalue weighted by molar-refractivity contribution is 7.15. The molecule has 0 saturated carbocycles. The maximum absolute atomic E-state index is 12.2. The molecule has 0 aliphatic rings. The number of carbonyl (C=O) groups is 1. The molecule has 38 heavy (non-hydrogen) atoms. The Morgan fingerprint density at radius 1 is 0.974 bits per heavy atom. The number of aryl methyl sites for hydroxylation is 1. The van der Waals surface area contributed by atoms with E-state index in [1.807, 2.05) is 71.5 Å². The molecule has 0 saturated heterocycles. The average molecular weight is 525 g/mol. The number of pyridine rings is 1. The molecule has 5 rings (SSSR count). The molecule has 0 amide bonds. The van der Waals surface area contributed by atoms with Crippen molar-refractivity contribution < 1.29 is 14.3 Å². The maximum atomic E-state index is 12.2. The zero-order valence-corrected chi connectivity index (χ0v) is 22.1. The normalized spacial score (nSPS) is 10.9. The quantitative estimate of drug-likeness (QED) is 0.205. The number of rotatable bonds is 10. The van der Waals surface area contributed by atoms with Crippen LogP contribution in [0.5, 0.6) is 5.88 Å². The minimum absolute atomic E-state index is 0.172. The number of thiazole rings is 1. The van der Waals surface area contributed by atoms with Gasteiger partial charge in [-0.2, -0.15) is 5.10 Å². The Kier molecular flexibility index (Phi) is 7.89. The molecule has 0 bridgehead atoms. The zero-order chi connectivity index (χ0) is 26.3. The van der Waals surface area contributed by atoms with E-state index in [9.17, 15) is 4.79 Å². The first-order valence-corrected chi connectivity index (χ1v) is 13.3.